The van der Waals surface area contributed by atoms with Crippen LogP contribution in [0.25, 0.3) is 0 Å². The lowest BCUT2D eigenvalue weighted by atomic mass is 10.2. The van der Waals surface area contributed by atoms with Crippen LogP contribution >= 0.6 is 11.3 Å². The molecular formula is C17H20N2O5S2. The highest BCUT2D eigenvalue weighted by molar-refractivity contribution is 7.89. The van der Waals surface area contributed by atoms with Crippen LogP contribution in [-0.2, 0) is 19.6 Å². The molecule has 0 saturated carbocycles. The minimum Gasteiger partial charge on any atom is -0.452 e. The molecular weight excluding hydrogens is 376 g/mol. The van der Waals surface area contributed by atoms with Gasteiger partial charge in [0.1, 0.15) is 0 Å². The fourth-order valence-electron chi connectivity index (χ4n) is 2.18. The number of rotatable bonds is 6. The van der Waals surface area contributed by atoms with E-state index in [1.807, 2.05) is 13.8 Å². The van der Waals surface area contributed by atoms with Crippen molar-refractivity contribution in [2.45, 2.75) is 18.7 Å². The van der Waals surface area contributed by atoms with E-state index >= 15 is 0 Å². The van der Waals surface area contributed by atoms with Gasteiger partial charge in [0.05, 0.1) is 10.5 Å². The Hall–Kier alpha value is -2.23. The number of sulfonamides is 1. The Morgan fingerprint density at radius 3 is 2.46 bits per heavy atom. The van der Waals surface area contributed by atoms with Crippen molar-refractivity contribution in [1.29, 1.82) is 0 Å². The standard InChI is InChI=1S/C17H20N2O5S2/c1-11-8-15(12(2)25-11)17(21)24-10-16(20)18-13-6-5-7-14(9-13)26(22,23)19(3)4/h5-9H,10H2,1-4H3,(H,18,20). The number of ether oxygens (including phenoxy) is 1. The lowest BCUT2D eigenvalue weighted by Gasteiger charge is -2.12. The molecule has 1 amide bonds. The van der Waals surface area contributed by atoms with Crippen molar-refractivity contribution >= 4 is 38.9 Å². The summed E-state index contributed by atoms with van der Waals surface area (Å²) in [7, 11) is -0.752. The summed E-state index contributed by atoms with van der Waals surface area (Å²) in [5.74, 6) is -1.12. The third-order valence-corrected chi connectivity index (χ3v) is 6.27. The number of anilines is 1. The second-order valence-electron chi connectivity index (χ2n) is 5.77. The van der Waals surface area contributed by atoms with Crippen molar-refractivity contribution in [3.8, 4) is 0 Å². The molecule has 26 heavy (non-hydrogen) atoms. The molecule has 0 saturated heterocycles. The highest BCUT2D eigenvalue weighted by Gasteiger charge is 2.18. The summed E-state index contributed by atoms with van der Waals surface area (Å²) in [6.07, 6.45) is 0. The highest BCUT2D eigenvalue weighted by atomic mass is 32.2. The molecule has 140 valence electrons. The number of thiophene rings is 1. The number of hydrogen-bond donors (Lipinski definition) is 1. The number of esters is 1. The van der Waals surface area contributed by atoms with Gasteiger partial charge in [-0.3, -0.25) is 4.79 Å². The van der Waals surface area contributed by atoms with Crippen molar-refractivity contribution in [1.82, 2.24) is 4.31 Å². The van der Waals surface area contributed by atoms with Crippen LogP contribution in [0.3, 0.4) is 0 Å². The van der Waals surface area contributed by atoms with E-state index in [1.165, 1.54) is 43.6 Å². The molecule has 0 aliphatic rings. The molecule has 1 aromatic carbocycles. The maximum Gasteiger partial charge on any atom is 0.339 e. The third kappa shape index (κ3) is 4.69. The Balaban J connectivity index is 2.00. The maximum atomic E-state index is 12.1. The summed E-state index contributed by atoms with van der Waals surface area (Å²) < 4.78 is 30.3. The fourth-order valence-corrected chi connectivity index (χ4v) is 4.04. The molecule has 0 radical (unpaired) electrons. The van der Waals surface area contributed by atoms with Gasteiger partial charge in [0.2, 0.25) is 10.0 Å². The van der Waals surface area contributed by atoms with Gasteiger partial charge in [0.25, 0.3) is 5.91 Å². The first-order valence-corrected chi connectivity index (χ1v) is 9.93. The molecule has 0 aliphatic carbocycles. The van der Waals surface area contributed by atoms with E-state index in [-0.39, 0.29) is 4.90 Å². The van der Waals surface area contributed by atoms with Gasteiger partial charge in [-0.25, -0.2) is 17.5 Å². The molecule has 1 N–H and O–H groups in total. The van der Waals surface area contributed by atoms with Crippen molar-refractivity contribution in [2.24, 2.45) is 0 Å². The molecule has 1 heterocycles. The second kappa shape index (κ2) is 7.98. The molecule has 2 rings (SSSR count). The van der Waals surface area contributed by atoms with Gasteiger partial charge in [0.15, 0.2) is 6.61 Å². The molecule has 1 aromatic heterocycles. The lowest BCUT2D eigenvalue weighted by Crippen LogP contribution is -2.23. The quantitative estimate of drug-likeness (QED) is 0.757. The van der Waals surface area contributed by atoms with Crippen LogP contribution in [0.5, 0.6) is 0 Å². The number of nitrogens with zero attached hydrogens (tertiary/aromatic N) is 1. The fraction of sp³-hybridized carbons (Fsp3) is 0.294. The third-order valence-electron chi connectivity index (χ3n) is 3.49. The van der Waals surface area contributed by atoms with Crippen LogP contribution in [-0.4, -0.2) is 45.3 Å². The second-order valence-corrected chi connectivity index (χ2v) is 9.38. The van der Waals surface area contributed by atoms with Crippen LogP contribution in [0.1, 0.15) is 20.1 Å². The summed E-state index contributed by atoms with van der Waals surface area (Å²) in [6.45, 7) is 3.23. The first-order chi connectivity index (χ1) is 12.1. The number of carbonyl (C=O) groups is 2. The maximum absolute atomic E-state index is 12.1. The van der Waals surface area contributed by atoms with E-state index in [4.69, 9.17) is 4.74 Å². The summed E-state index contributed by atoms with van der Waals surface area (Å²) in [6, 6.07) is 7.58. The minimum atomic E-state index is -3.60. The Kier molecular flexibility index (Phi) is 6.17. The molecule has 9 heteroatoms. The van der Waals surface area contributed by atoms with E-state index < -0.39 is 28.5 Å². The topological polar surface area (TPSA) is 92.8 Å². The zero-order chi connectivity index (χ0) is 19.5. The molecule has 2 aromatic rings. The van der Waals surface area contributed by atoms with Crippen LogP contribution in [0.2, 0.25) is 0 Å². The zero-order valence-electron chi connectivity index (χ0n) is 14.9. The van der Waals surface area contributed by atoms with Gasteiger partial charge in [-0.1, -0.05) is 6.07 Å². The summed E-state index contributed by atoms with van der Waals surface area (Å²) in [5.41, 5.74) is 0.746. The van der Waals surface area contributed by atoms with Gasteiger partial charge >= 0.3 is 5.97 Å². The zero-order valence-corrected chi connectivity index (χ0v) is 16.5. The Labute approximate surface area is 156 Å². The smallest absolute Gasteiger partial charge is 0.339 e. The predicted molar refractivity (Wildman–Crippen MR) is 100 cm³/mol. The van der Waals surface area contributed by atoms with E-state index in [9.17, 15) is 18.0 Å². The van der Waals surface area contributed by atoms with Crippen LogP contribution in [0, 0.1) is 13.8 Å². The number of aryl methyl sites for hydroxylation is 2. The van der Waals surface area contributed by atoms with Gasteiger partial charge in [-0.2, -0.15) is 0 Å². The van der Waals surface area contributed by atoms with E-state index in [0.29, 0.717) is 11.3 Å². The predicted octanol–water partition coefficient (Wildman–Crippen LogP) is 2.41. The minimum absolute atomic E-state index is 0.0571. The van der Waals surface area contributed by atoms with E-state index in [0.717, 1.165) is 14.1 Å². The molecule has 7 nitrogen and oxygen atoms in total. The van der Waals surface area contributed by atoms with Gasteiger partial charge in [0, 0.05) is 29.5 Å². The normalized spacial score (nSPS) is 11.4. The van der Waals surface area contributed by atoms with Crippen molar-refractivity contribution < 1.29 is 22.7 Å². The number of carbonyl (C=O) groups excluding carboxylic acids is 2. The first kappa shape index (κ1) is 20.1. The van der Waals surface area contributed by atoms with Crippen molar-refractivity contribution in [3.63, 3.8) is 0 Å². The number of hydrogen-bond acceptors (Lipinski definition) is 6. The van der Waals surface area contributed by atoms with Crippen LogP contribution in [0.4, 0.5) is 5.69 Å². The summed E-state index contributed by atoms with van der Waals surface area (Å²) in [5, 5.41) is 2.52. The highest BCUT2D eigenvalue weighted by Crippen LogP contribution is 2.21. The molecule has 0 aliphatic heterocycles. The van der Waals surface area contributed by atoms with Crippen molar-refractivity contribution in [2.75, 3.05) is 26.0 Å². The molecule has 0 unspecified atom stereocenters. The largest absolute Gasteiger partial charge is 0.452 e. The monoisotopic (exact) mass is 396 g/mol. The number of nitrogens with one attached hydrogen (secondary N) is 1. The van der Waals surface area contributed by atoms with Gasteiger partial charge in [-0.05, 0) is 38.1 Å². The summed E-state index contributed by atoms with van der Waals surface area (Å²) >= 11 is 1.48. The molecule has 0 bridgehead atoms. The molecule has 0 spiro atoms. The van der Waals surface area contributed by atoms with Crippen molar-refractivity contribution in [3.05, 3.63) is 45.6 Å². The first-order valence-electron chi connectivity index (χ1n) is 7.68. The van der Waals surface area contributed by atoms with Gasteiger partial charge < -0.3 is 10.1 Å². The Morgan fingerprint density at radius 2 is 1.88 bits per heavy atom. The summed E-state index contributed by atoms with van der Waals surface area (Å²) in [4.78, 5) is 25.9. The SMILES string of the molecule is Cc1cc(C(=O)OCC(=O)Nc2cccc(S(=O)(=O)N(C)C)c2)c(C)s1. The number of benzene rings is 1. The van der Waals surface area contributed by atoms with Crippen LogP contribution < -0.4 is 5.32 Å². The Morgan fingerprint density at radius 1 is 1.19 bits per heavy atom. The van der Waals surface area contributed by atoms with E-state index in [2.05, 4.69) is 5.32 Å². The molecule has 0 atom stereocenters. The average Bonchev–Trinajstić information content (AvgIpc) is 2.91. The molecule has 0 fully saturated rings. The van der Waals surface area contributed by atoms with Crippen LogP contribution in [0.15, 0.2) is 35.2 Å². The van der Waals surface area contributed by atoms with Gasteiger partial charge in [-0.15, -0.1) is 11.3 Å². The average molecular weight is 396 g/mol. The lowest BCUT2D eigenvalue weighted by molar-refractivity contribution is -0.119. The Bertz CT molecular complexity index is 932. The van der Waals surface area contributed by atoms with E-state index in [1.54, 1.807) is 12.1 Å². The number of amides is 1.